The van der Waals surface area contributed by atoms with E-state index in [1.807, 2.05) is 42.2 Å². The summed E-state index contributed by atoms with van der Waals surface area (Å²) in [6.07, 6.45) is 1.92. The number of hydrogen-bond donors (Lipinski definition) is 4. The lowest BCUT2D eigenvalue weighted by atomic mass is 9.91. The molecule has 2 aliphatic heterocycles. The molecule has 0 aromatic heterocycles. The minimum absolute atomic E-state index is 0.0969. The SMILES string of the molecule is CS[C@H]1O[C@@H](c2ccc(C)c(Cc3ccc(CCCC(=O)OC#CCN(C)C(=O)CN4CCN(C(=O)C(C)(C)N)CC4)cc3)c2)[C@H](O)[C@@H](O)[C@@H]1O. The molecule has 2 aromatic rings. The van der Waals surface area contributed by atoms with E-state index in [1.165, 1.54) is 16.7 Å². The molecule has 4 rings (SSSR count). The van der Waals surface area contributed by atoms with Crippen LogP contribution in [0.1, 0.15) is 60.6 Å². The van der Waals surface area contributed by atoms with Crippen molar-refractivity contribution in [2.45, 2.75) is 81.8 Å². The van der Waals surface area contributed by atoms with E-state index in [-0.39, 0.29) is 31.3 Å². The minimum atomic E-state index is -1.30. The van der Waals surface area contributed by atoms with Crippen LogP contribution in [0.3, 0.4) is 0 Å². The van der Waals surface area contributed by atoms with Gasteiger partial charge in [-0.3, -0.25) is 19.3 Å². The van der Waals surface area contributed by atoms with Gasteiger partial charge in [-0.15, -0.1) is 11.8 Å². The van der Waals surface area contributed by atoms with Crippen LogP contribution in [0.4, 0.5) is 0 Å². The number of piperazine rings is 1. The van der Waals surface area contributed by atoms with Crippen LogP contribution in [-0.2, 0) is 36.7 Å². The lowest BCUT2D eigenvalue weighted by molar-refractivity contribution is -0.200. The molecule has 13 heteroatoms. The molecule has 2 saturated heterocycles. The summed E-state index contributed by atoms with van der Waals surface area (Å²) in [4.78, 5) is 42.4. The number of nitrogens with zero attached hydrogens (tertiary/aromatic N) is 3. The molecule has 2 aromatic carbocycles. The van der Waals surface area contributed by atoms with Gasteiger partial charge in [0.15, 0.2) is 0 Å². The van der Waals surface area contributed by atoms with Gasteiger partial charge in [0.1, 0.15) is 36.0 Å². The summed E-state index contributed by atoms with van der Waals surface area (Å²) in [6, 6.07) is 14.0. The number of hydrogen-bond acceptors (Lipinski definition) is 11. The first kappa shape index (κ1) is 40.3. The first-order valence-corrected chi connectivity index (χ1v) is 18.6. The number of rotatable bonds is 12. The molecule has 0 bridgehead atoms. The van der Waals surface area contributed by atoms with Crippen LogP contribution in [-0.4, -0.2) is 130 Å². The maximum Gasteiger partial charge on any atom is 0.319 e. The summed E-state index contributed by atoms with van der Waals surface area (Å²) >= 11 is 1.29. The number of amides is 2. The van der Waals surface area contributed by atoms with Gasteiger partial charge in [-0.05, 0) is 80.0 Å². The van der Waals surface area contributed by atoms with Gasteiger partial charge in [-0.2, -0.15) is 0 Å². The Morgan fingerprint density at radius 2 is 1.69 bits per heavy atom. The Morgan fingerprint density at radius 3 is 2.33 bits per heavy atom. The van der Waals surface area contributed by atoms with Crippen molar-refractivity contribution in [3.05, 3.63) is 70.3 Å². The topological polar surface area (TPSA) is 166 Å². The molecule has 278 valence electrons. The zero-order valence-electron chi connectivity index (χ0n) is 30.2. The van der Waals surface area contributed by atoms with Gasteiger partial charge in [0.25, 0.3) is 0 Å². The fourth-order valence-corrected chi connectivity index (χ4v) is 6.74. The quantitative estimate of drug-likeness (QED) is 0.186. The second-order valence-corrected chi connectivity index (χ2v) is 14.9. The molecular weight excluding hydrogens is 673 g/mol. The van der Waals surface area contributed by atoms with Crippen LogP contribution < -0.4 is 5.73 Å². The second-order valence-electron chi connectivity index (χ2n) is 14.0. The summed E-state index contributed by atoms with van der Waals surface area (Å²) in [5, 5.41) is 31.2. The predicted octanol–water partition coefficient (Wildman–Crippen LogP) is 1.60. The number of esters is 1. The number of aliphatic hydroxyl groups excluding tert-OH is 3. The third-order valence-electron chi connectivity index (χ3n) is 9.32. The lowest BCUT2D eigenvalue weighted by Gasteiger charge is -2.40. The number of nitrogens with two attached hydrogens (primary N) is 1. The number of carbonyl (C=O) groups is 3. The third-order valence-corrected chi connectivity index (χ3v) is 10.2. The average molecular weight is 725 g/mol. The summed E-state index contributed by atoms with van der Waals surface area (Å²) in [7, 11) is 1.65. The Kier molecular flexibility index (Phi) is 14.5. The fraction of sp³-hybridized carbons (Fsp3) is 0.553. The number of ether oxygens (including phenoxy) is 2. The number of likely N-dealkylation sites (N-methyl/N-ethyl adjacent to an activating group) is 1. The van der Waals surface area contributed by atoms with Gasteiger partial charge in [0, 0.05) is 39.6 Å². The van der Waals surface area contributed by atoms with Gasteiger partial charge in [-0.25, -0.2) is 0 Å². The average Bonchev–Trinajstić information content (AvgIpc) is 3.10. The number of aryl methyl sites for hydroxylation is 2. The second kappa shape index (κ2) is 18.3. The monoisotopic (exact) mass is 724 g/mol. The highest BCUT2D eigenvalue weighted by Crippen LogP contribution is 2.36. The van der Waals surface area contributed by atoms with Gasteiger partial charge in [-0.1, -0.05) is 42.5 Å². The first-order chi connectivity index (χ1) is 24.2. The van der Waals surface area contributed by atoms with Gasteiger partial charge in [0.05, 0.1) is 18.6 Å². The lowest BCUT2D eigenvalue weighted by Crippen LogP contribution is -2.57. The minimum Gasteiger partial charge on any atom is -0.387 e. The van der Waals surface area contributed by atoms with Crippen molar-refractivity contribution in [2.75, 3.05) is 52.6 Å². The van der Waals surface area contributed by atoms with Gasteiger partial charge < -0.3 is 40.3 Å². The predicted molar refractivity (Wildman–Crippen MR) is 195 cm³/mol. The zero-order chi connectivity index (χ0) is 37.3. The molecule has 0 saturated carbocycles. The smallest absolute Gasteiger partial charge is 0.319 e. The van der Waals surface area contributed by atoms with Crippen molar-refractivity contribution in [1.29, 1.82) is 0 Å². The Labute approximate surface area is 305 Å². The van der Waals surface area contributed by atoms with E-state index in [1.54, 1.807) is 32.1 Å². The van der Waals surface area contributed by atoms with E-state index in [0.717, 1.165) is 27.8 Å². The highest BCUT2D eigenvalue weighted by Gasteiger charge is 2.44. The van der Waals surface area contributed by atoms with Crippen LogP contribution in [0.2, 0.25) is 0 Å². The van der Waals surface area contributed by atoms with E-state index >= 15 is 0 Å². The third kappa shape index (κ3) is 11.3. The molecule has 5 N–H and O–H groups in total. The standard InChI is InChI=1S/C38H52N4O8S/c1-25-10-15-28(35-33(46)32(45)34(47)36(50-35)51-5)23-29(25)22-27-13-11-26(12-14-27)8-6-9-31(44)49-21-7-16-40(4)30(43)24-41-17-19-42(20-18-41)37(48)38(2,3)39/h10-15,23,32-36,45-47H,6,8-9,16-20,22,24,39H2,1-5H3/t32-,33-,34+,35+,36-/m1/s1. The summed E-state index contributed by atoms with van der Waals surface area (Å²) in [6.45, 7) is 7.98. The molecule has 12 nitrogen and oxygen atoms in total. The molecule has 2 aliphatic rings. The van der Waals surface area contributed by atoms with E-state index in [0.29, 0.717) is 45.4 Å². The molecule has 2 fully saturated rings. The van der Waals surface area contributed by atoms with Gasteiger partial charge in [0.2, 0.25) is 11.8 Å². The van der Waals surface area contributed by atoms with Crippen LogP contribution in [0.25, 0.3) is 0 Å². The van der Waals surface area contributed by atoms with E-state index in [9.17, 15) is 29.7 Å². The van der Waals surface area contributed by atoms with E-state index < -0.39 is 41.4 Å². The molecule has 51 heavy (non-hydrogen) atoms. The Bertz CT molecular complexity index is 1560. The number of aliphatic hydroxyl groups is 3. The number of thioether (sulfide) groups is 1. The van der Waals surface area contributed by atoms with Crippen molar-refractivity contribution >= 4 is 29.5 Å². The molecule has 0 unspecified atom stereocenters. The van der Waals surface area contributed by atoms with Crippen molar-refractivity contribution < 1.29 is 39.2 Å². The van der Waals surface area contributed by atoms with Crippen LogP contribution in [0.15, 0.2) is 42.5 Å². The Balaban J connectivity index is 1.16. The molecule has 0 radical (unpaired) electrons. The number of carbonyl (C=O) groups excluding carboxylic acids is 3. The first-order valence-electron chi connectivity index (χ1n) is 17.3. The fourth-order valence-electron chi connectivity index (χ4n) is 6.07. The molecule has 5 atom stereocenters. The van der Waals surface area contributed by atoms with Crippen molar-refractivity contribution in [3.63, 3.8) is 0 Å². The van der Waals surface area contributed by atoms with Gasteiger partial charge >= 0.3 is 5.97 Å². The van der Waals surface area contributed by atoms with Crippen LogP contribution >= 0.6 is 11.8 Å². The Hall–Kier alpha value is -3.48. The molecule has 0 spiro atoms. The van der Waals surface area contributed by atoms with Crippen molar-refractivity contribution in [1.82, 2.24) is 14.7 Å². The maximum absolute atomic E-state index is 12.6. The Morgan fingerprint density at radius 1 is 1.02 bits per heavy atom. The molecule has 2 amide bonds. The van der Waals surface area contributed by atoms with E-state index in [4.69, 9.17) is 15.2 Å². The van der Waals surface area contributed by atoms with Crippen LogP contribution in [0, 0.1) is 19.0 Å². The molecular formula is C38H52N4O8S. The largest absolute Gasteiger partial charge is 0.387 e. The van der Waals surface area contributed by atoms with Crippen LogP contribution in [0.5, 0.6) is 0 Å². The van der Waals surface area contributed by atoms with Crippen molar-refractivity contribution in [3.8, 4) is 12.0 Å². The zero-order valence-corrected chi connectivity index (χ0v) is 31.0. The normalized spacial score (nSPS) is 22.5. The maximum atomic E-state index is 12.6. The van der Waals surface area contributed by atoms with Crippen molar-refractivity contribution in [2.24, 2.45) is 5.73 Å². The number of benzene rings is 2. The van der Waals surface area contributed by atoms with E-state index in [2.05, 4.69) is 24.2 Å². The molecule has 2 heterocycles. The summed E-state index contributed by atoms with van der Waals surface area (Å²) in [5.41, 5.74) is 9.46. The highest BCUT2D eigenvalue weighted by molar-refractivity contribution is 7.99. The molecule has 0 aliphatic carbocycles. The summed E-state index contributed by atoms with van der Waals surface area (Å²) in [5.74, 6) is 2.10. The summed E-state index contributed by atoms with van der Waals surface area (Å²) < 4.78 is 11.0. The highest BCUT2D eigenvalue weighted by atomic mass is 32.2.